The van der Waals surface area contributed by atoms with Crippen molar-refractivity contribution in [1.29, 1.82) is 0 Å². The van der Waals surface area contributed by atoms with Crippen LogP contribution >= 0.6 is 0 Å². The first kappa shape index (κ1) is 23.3. The number of hydrogen-bond donors (Lipinski definition) is 1. The molecule has 3 rings (SSSR count). The van der Waals surface area contributed by atoms with Crippen LogP contribution in [0.4, 0.5) is 5.69 Å². The van der Waals surface area contributed by atoms with Crippen LogP contribution in [-0.2, 0) is 14.3 Å². The van der Waals surface area contributed by atoms with E-state index in [-0.39, 0.29) is 24.5 Å². The molecule has 0 radical (unpaired) electrons. The van der Waals surface area contributed by atoms with E-state index in [4.69, 9.17) is 14.2 Å². The second-order valence-corrected chi connectivity index (χ2v) is 7.80. The lowest BCUT2D eigenvalue weighted by Crippen LogP contribution is -2.30. The standard InChI is InChI=1S/C25H29NO6/c1-4-16(2)19-7-5-6-8-20(19)26-25(29)17(3)32-24(28)12-10-21(27)18-9-11-22-23(15-18)31-14-13-30-22/h5-9,11,15-17H,4,10,12-14H2,1-3H3,(H,26,29). The molecule has 0 aromatic heterocycles. The molecule has 1 aliphatic rings. The smallest absolute Gasteiger partial charge is 0.307 e. The molecular weight excluding hydrogens is 410 g/mol. The van der Waals surface area contributed by atoms with Gasteiger partial charge in [0.05, 0.1) is 6.42 Å². The molecule has 0 saturated heterocycles. The summed E-state index contributed by atoms with van der Waals surface area (Å²) in [7, 11) is 0. The van der Waals surface area contributed by atoms with E-state index in [1.54, 1.807) is 18.2 Å². The van der Waals surface area contributed by atoms with Crippen molar-refractivity contribution in [3.63, 3.8) is 0 Å². The monoisotopic (exact) mass is 439 g/mol. The van der Waals surface area contributed by atoms with Gasteiger partial charge in [-0.05, 0) is 49.1 Å². The maximum Gasteiger partial charge on any atom is 0.307 e. The zero-order valence-corrected chi connectivity index (χ0v) is 18.7. The fourth-order valence-electron chi connectivity index (χ4n) is 3.38. The summed E-state index contributed by atoms with van der Waals surface area (Å²) in [4.78, 5) is 37.2. The first-order chi connectivity index (χ1) is 15.4. The molecule has 0 aliphatic carbocycles. The molecule has 2 unspecified atom stereocenters. The third-order valence-electron chi connectivity index (χ3n) is 5.46. The Bertz CT molecular complexity index is 986. The lowest BCUT2D eigenvalue weighted by Gasteiger charge is -2.19. The van der Waals surface area contributed by atoms with Gasteiger partial charge in [0.15, 0.2) is 23.4 Å². The number of hydrogen-bond acceptors (Lipinski definition) is 6. The number of fused-ring (bicyclic) bond motifs is 1. The first-order valence-corrected chi connectivity index (χ1v) is 10.9. The van der Waals surface area contributed by atoms with Crippen LogP contribution in [0, 0.1) is 0 Å². The highest BCUT2D eigenvalue weighted by Crippen LogP contribution is 2.31. The summed E-state index contributed by atoms with van der Waals surface area (Å²) in [5.74, 6) is 0.185. The highest BCUT2D eigenvalue weighted by atomic mass is 16.6. The molecule has 1 heterocycles. The molecule has 0 fully saturated rings. The molecule has 32 heavy (non-hydrogen) atoms. The van der Waals surface area contributed by atoms with Crippen molar-refractivity contribution in [2.75, 3.05) is 18.5 Å². The number of ketones is 1. The minimum Gasteiger partial charge on any atom is -0.486 e. The van der Waals surface area contributed by atoms with Crippen LogP contribution in [0.5, 0.6) is 11.5 Å². The number of Topliss-reactive ketones (excluding diaryl/α,β-unsaturated/α-hetero) is 1. The van der Waals surface area contributed by atoms with Gasteiger partial charge >= 0.3 is 5.97 Å². The molecule has 0 spiro atoms. The Labute approximate surface area is 188 Å². The fourth-order valence-corrected chi connectivity index (χ4v) is 3.38. The van der Waals surface area contributed by atoms with E-state index in [9.17, 15) is 14.4 Å². The van der Waals surface area contributed by atoms with E-state index < -0.39 is 18.0 Å². The molecule has 2 aromatic rings. The molecule has 1 aliphatic heterocycles. The van der Waals surface area contributed by atoms with Crippen molar-refractivity contribution in [2.45, 2.75) is 52.1 Å². The largest absolute Gasteiger partial charge is 0.486 e. The van der Waals surface area contributed by atoms with Gasteiger partial charge in [-0.25, -0.2) is 0 Å². The first-order valence-electron chi connectivity index (χ1n) is 10.9. The number of carbonyl (C=O) groups excluding carboxylic acids is 3. The van der Waals surface area contributed by atoms with Crippen molar-refractivity contribution in [1.82, 2.24) is 0 Å². The van der Waals surface area contributed by atoms with E-state index in [1.165, 1.54) is 6.92 Å². The second-order valence-electron chi connectivity index (χ2n) is 7.80. The summed E-state index contributed by atoms with van der Waals surface area (Å²) in [5.41, 5.74) is 2.19. The van der Waals surface area contributed by atoms with Crippen molar-refractivity contribution in [3.8, 4) is 11.5 Å². The van der Waals surface area contributed by atoms with Crippen molar-refractivity contribution in [2.24, 2.45) is 0 Å². The van der Waals surface area contributed by atoms with Gasteiger partial charge in [-0.3, -0.25) is 14.4 Å². The summed E-state index contributed by atoms with van der Waals surface area (Å²) >= 11 is 0. The van der Waals surface area contributed by atoms with E-state index in [1.807, 2.05) is 24.3 Å². The Hall–Kier alpha value is -3.35. The molecule has 1 amide bonds. The number of para-hydroxylation sites is 1. The van der Waals surface area contributed by atoms with Gasteiger partial charge in [-0.1, -0.05) is 32.0 Å². The van der Waals surface area contributed by atoms with Crippen molar-refractivity contribution in [3.05, 3.63) is 53.6 Å². The second kappa shape index (κ2) is 10.8. The highest BCUT2D eigenvalue weighted by Gasteiger charge is 2.21. The quantitative estimate of drug-likeness (QED) is 0.457. The van der Waals surface area contributed by atoms with Gasteiger partial charge < -0.3 is 19.5 Å². The number of carbonyl (C=O) groups is 3. The Balaban J connectivity index is 1.50. The van der Waals surface area contributed by atoms with E-state index in [0.717, 1.165) is 12.0 Å². The van der Waals surface area contributed by atoms with Gasteiger partial charge in [-0.15, -0.1) is 0 Å². The molecule has 1 N–H and O–H groups in total. The SMILES string of the molecule is CCC(C)c1ccccc1NC(=O)C(C)OC(=O)CCC(=O)c1ccc2c(c1)OCCO2. The van der Waals surface area contributed by atoms with Crippen LogP contribution < -0.4 is 14.8 Å². The summed E-state index contributed by atoms with van der Waals surface area (Å²) in [5, 5.41) is 2.84. The molecule has 0 bridgehead atoms. The lowest BCUT2D eigenvalue weighted by atomic mass is 9.97. The van der Waals surface area contributed by atoms with E-state index in [0.29, 0.717) is 36.0 Å². The number of ether oxygens (including phenoxy) is 3. The number of nitrogens with one attached hydrogen (secondary N) is 1. The molecule has 0 saturated carbocycles. The minimum absolute atomic E-state index is 0.0241. The molecule has 2 aromatic carbocycles. The van der Waals surface area contributed by atoms with Gasteiger partial charge in [-0.2, -0.15) is 0 Å². The fraction of sp³-hybridized carbons (Fsp3) is 0.400. The van der Waals surface area contributed by atoms with E-state index in [2.05, 4.69) is 19.2 Å². The molecule has 7 nitrogen and oxygen atoms in total. The van der Waals surface area contributed by atoms with Gasteiger partial charge in [0.1, 0.15) is 13.2 Å². The van der Waals surface area contributed by atoms with Crippen LogP contribution in [0.3, 0.4) is 0 Å². The summed E-state index contributed by atoms with van der Waals surface area (Å²) in [6.45, 7) is 6.59. The molecule has 170 valence electrons. The molecule has 7 heteroatoms. The zero-order chi connectivity index (χ0) is 23.1. The number of benzene rings is 2. The maximum absolute atomic E-state index is 12.5. The van der Waals surface area contributed by atoms with Crippen LogP contribution in [0.25, 0.3) is 0 Å². The predicted molar refractivity (Wildman–Crippen MR) is 120 cm³/mol. The topological polar surface area (TPSA) is 90.9 Å². The van der Waals surface area contributed by atoms with Gasteiger partial charge in [0.2, 0.25) is 0 Å². The summed E-state index contributed by atoms with van der Waals surface area (Å²) in [6, 6.07) is 12.5. The maximum atomic E-state index is 12.5. The average Bonchev–Trinajstić information content (AvgIpc) is 2.81. The zero-order valence-electron chi connectivity index (χ0n) is 18.7. The van der Waals surface area contributed by atoms with Crippen LogP contribution in [0.2, 0.25) is 0 Å². The van der Waals surface area contributed by atoms with E-state index >= 15 is 0 Å². The van der Waals surface area contributed by atoms with Crippen LogP contribution in [-0.4, -0.2) is 37.0 Å². The lowest BCUT2D eigenvalue weighted by molar-refractivity contribution is -0.153. The molecular formula is C25H29NO6. The van der Waals surface area contributed by atoms with Crippen molar-refractivity contribution < 1.29 is 28.6 Å². The summed E-state index contributed by atoms with van der Waals surface area (Å²) in [6.07, 6.45) is -0.177. The third kappa shape index (κ3) is 5.87. The van der Waals surface area contributed by atoms with Crippen molar-refractivity contribution >= 4 is 23.3 Å². The predicted octanol–water partition coefficient (Wildman–Crippen LogP) is 4.50. The normalized spacial score (nSPS) is 14.2. The Morgan fingerprint density at radius 1 is 1.00 bits per heavy atom. The number of amides is 1. The summed E-state index contributed by atoms with van der Waals surface area (Å²) < 4.78 is 16.2. The van der Waals surface area contributed by atoms with Gasteiger partial charge in [0, 0.05) is 17.7 Å². The average molecular weight is 440 g/mol. The Morgan fingerprint density at radius 2 is 1.72 bits per heavy atom. The number of rotatable bonds is 9. The number of esters is 1. The minimum atomic E-state index is -0.975. The van der Waals surface area contributed by atoms with Gasteiger partial charge in [0.25, 0.3) is 5.91 Å². The Morgan fingerprint density at radius 3 is 2.47 bits per heavy atom. The van der Waals surface area contributed by atoms with Crippen LogP contribution in [0.15, 0.2) is 42.5 Å². The number of anilines is 1. The van der Waals surface area contributed by atoms with Crippen LogP contribution in [0.1, 0.15) is 61.9 Å². The third-order valence-corrected chi connectivity index (χ3v) is 5.46. The molecule has 2 atom stereocenters. The Kier molecular flexibility index (Phi) is 7.87. The highest BCUT2D eigenvalue weighted by molar-refractivity contribution is 5.99.